The third-order valence-electron chi connectivity index (χ3n) is 3.92. The Morgan fingerprint density at radius 2 is 2.00 bits per heavy atom. The van der Waals surface area contributed by atoms with Gasteiger partial charge >= 0.3 is 0 Å². The van der Waals surface area contributed by atoms with Crippen molar-refractivity contribution in [1.82, 2.24) is 0 Å². The summed E-state index contributed by atoms with van der Waals surface area (Å²) in [5.41, 5.74) is 1.19. The Hall–Kier alpha value is -0.900. The zero-order chi connectivity index (χ0) is 12.6. The first-order valence-corrected chi connectivity index (χ1v) is 6.68. The van der Waals surface area contributed by atoms with Crippen LogP contribution in [0.1, 0.15) is 32.3 Å². The van der Waals surface area contributed by atoms with Crippen LogP contribution >= 0.6 is 0 Å². The van der Waals surface area contributed by atoms with E-state index in [2.05, 4.69) is 19.1 Å². The van der Waals surface area contributed by atoms with Crippen LogP contribution in [0.2, 0.25) is 0 Å². The lowest BCUT2D eigenvalue weighted by atomic mass is 10.00. The molecule has 0 aliphatic carbocycles. The van der Waals surface area contributed by atoms with Crippen molar-refractivity contribution in [3.8, 4) is 0 Å². The third kappa shape index (κ3) is 2.18. The molecule has 0 spiro atoms. The highest BCUT2D eigenvalue weighted by molar-refractivity contribution is 5.13. The van der Waals surface area contributed by atoms with Gasteiger partial charge in [0.1, 0.15) is 6.10 Å². The fourth-order valence-corrected chi connectivity index (χ4v) is 2.90. The quantitative estimate of drug-likeness (QED) is 0.823. The minimum Gasteiger partial charge on any atom is -0.368 e. The highest BCUT2D eigenvalue weighted by Crippen LogP contribution is 2.41. The van der Waals surface area contributed by atoms with E-state index in [4.69, 9.17) is 14.2 Å². The molecule has 98 valence electrons. The van der Waals surface area contributed by atoms with E-state index in [1.165, 1.54) is 5.56 Å². The van der Waals surface area contributed by atoms with E-state index in [9.17, 15) is 0 Å². The number of hydrogen-bond donors (Lipinski definition) is 0. The number of hydrogen-bond acceptors (Lipinski definition) is 3. The molecule has 2 fully saturated rings. The van der Waals surface area contributed by atoms with Crippen LogP contribution in [-0.2, 0) is 20.8 Å². The Morgan fingerprint density at radius 3 is 2.78 bits per heavy atom. The zero-order valence-electron chi connectivity index (χ0n) is 11.0. The van der Waals surface area contributed by atoms with E-state index in [-0.39, 0.29) is 18.3 Å². The van der Waals surface area contributed by atoms with Crippen molar-refractivity contribution in [2.45, 2.75) is 57.4 Å². The highest BCUT2D eigenvalue weighted by atomic mass is 16.8. The summed E-state index contributed by atoms with van der Waals surface area (Å²) < 4.78 is 17.9. The summed E-state index contributed by atoms with van der Waals surface area (Å²) in [7, 11) is 0. The molecule has 4 atom stereocenters. The molecule has 0 saturated carbocycles. The number of fused-ring (bicyclic) bond motifs is 2. The van der Waals surface area contributed by atoms with Crippen LogP contribution in [-0.4, -0.2) is 24.1 Å². The second-order valence-corrected chi connectivity index (χ2v) is 5.36. The first kappa shape index (κ1) is 12.2. The molecular formula is C15H20O3. The molecule has 1 aromatic carbocycles. The van der Waals surface area contributed by atoms with E-state index in [0.717, 1.165) is 12.8 Å². The summed E-state index contributed by atoms with van der Waals surface area (Å²) in [5.74, 6) is -0.558. The van der Waals surface area contributed by atoms with Crippen LogP contribution < -0.4 is 0 Å². The van der Waals surface area contributed by atoms with Crippen LogP contribution in [0.5, 0.6) is 0 Å². The molecular weight excluding hydrogens is 228 g/mol. The van der Waals surface area contributed by atoms with Crippen LogP contribution in [0.4, 0.5) is 0 Å². The normalized spacial score (nSPS) is 38.9. The number of ether oxygens (including phenoxy) is 3. The predicted octanol–water partition coefficient (Wildman–Crippen LogP) is 2.89. The molecule has 0 N–H and O–H groups in total. The molecule has 2 heterocycles. The average Bonchev–Trinajstić information content (AvgIpc) is 2.61. The molecule has 4 unspecified atom stereocenters. The van der Waals surface area contributed by atoms with Gasteiger partial charge in [-0.15, -0.1) is 0 Å². The Bertz CT molecular complexity index is 401. The second kappa shape index (κ2) is 4.65. The van der Waals surface area contributed by atoms with Gasteiger partial charge < -0.3 is 14.2 Å². The number of rotatable bonds is 3. The van der Waals surface area contributed by atoms with Gasteiger partial charge in [0, 0.05) is 0 Å². The van der Waals surface area contributed by atoms with Gasteiger partial charge in [-0.1, -0.05) is 30.3 Å². The van der Waals surface area contributed by atoms with Gasteiger partial charge in [-0.25, -0.2) is 0 Å². The third-order valence-corrected chi connectivity index (χ3v) is 3.92. The van der Waals surface area contributed by atoms with Crippen LogP contribution in [0, 0.1) is 0 Å². The standard InChI is InChI=1S/C15H20O3/c1-11-13-8-9-14(15(2,17-11)18-13)16-10-12-6-4-3-5-7-12/h3-7,11,13-14H,8-10H2,1-2H3. The van der Waals surface area contributed by atoms with E-state index in [0.29, 0.717) is 6.61 Å². The van der Waals surface area contributed by atoms with E-state index >= 15 is 0 Å². The summed E-state index contributed by atoms with van der Waals surface area (Å²) >= 11 is 0. The summed E-state index contributed by atoms with van der Waals surface area (Å²) in [5, 5.41) is 0. The summed E-state index contributed by atoms with van der Waals surface area (Å²) in [4.78, 5) is 0. The van der Waals surface area contributed by atoms with Gasteiger partial charge in [-0.05, 0) is 32.3 Å². The molecule has 0 radical (unpaired) electrons. The molecule has 3 heteroatoms. The van der Waals surface area contributed by atoms with Gasteiger partial charge in [0.05, 0.1) is 18.8 Å². The lowest BCUT2D eigenvalue weighted by molar-refractivity contribution is -0.252. The molecule has 2 bridgehead atoms. The Balaban J connectivity index is 1.63. The highest BCUT2D eigenvalue weighted by Gasteiger charge is 2.51. The Labute approximate surface area is 108 Å². The lowest BCUT2D eigenvalue weighted by Gasteiger charge is -2.36. The summed E-state index contributed by atoms with van der Waals surface area (Å²) in [6.45, 7) is 4.70. The lowest BCUT2D eigenvalue weighted by Crippen LogP contribution is -2.45. The summed E-state index contributed by atoms with van der Waals surface area (Å²) in [6, 6.07) is 10.2. The fraction of sp³-hybridized carbons (Fsp3) is 0.600. The largest absolute Gasteiger partial charge is 0.368 e. The van der Waals surface area contributed by atoms with Crippen LogP contribution in [0.15, 0.2) is 30.3 Å². The Kier molecular flexibility index (Phi) is 3.14. The van der Waals surface area contributed by atoms with E-state index < -0.39 is 5.79 Å². The molecule has 2 aliphatic rings. The first-order valence-electron chi connectivity index (χ1n) is 6.68. The molecule has 2 aliphatic heterocycles. The van der Waals surface area contributed by atoms with Crippen molar-refractivity contribution >= 4 is 0 Å². The molecule has 2 saturated heterocycles. The topological polar surface area (TPSA) is 27.7 Å². The van der Waals surface area contributed by atoms with Gasteiger partial charge in [0.2, 0.25) is 0 Å². The molecule has 1 aromatic rings. The van der Waals surface area contributed by atoms with E-state index in [1.54, 1.807) is 0 Å². The van der Waals surface area contributed by atoms with Crippen molar-refractivity contribution in [3.63, 3.8) is 0 Å². The van der Waals surface area contributed by atoms with Crippen LogP contribution in [0.25, 0.3) is 0 Å². The van der Waals surface area contributed by atoms with E-state index in [1.807, 2.05) is 25.1 Å². The van der Waals surface area contributed by atoms with Crippen molar-refractivity contribution in [2.24, 2.45) is 0 Å². The second-order valence-electron chi connectivity index (χ2n) is 5.36. The minimum absolute atomic E-state index is 0.0268. The first-order chi connectivity index (χ1) is 8.67. The maximum atomic E-state index is 6.00. The fourth-order valence-electron chi connectivity index (χ4n) is 2.90. The monoisotopic (exact) mass is 248 g/mol. The SMILES string of the molecule is CC1OC2(C)OC1CCC2OCc1ccccc1. The van der Waals surface area contributed by atoms with Crippen molar-refractivity contribution < 1.29 is 14.2 Å². The van der Waals surface area contributed by atoms with Crippen LogP contribution in [0.3, 0.4) is 0 Å². The zero-order valence-corrected chi connectivity index (χ0v) is 11.0. The molecule has 3 rings (SSSR count). The predicted molar refractivity (Wildman–Crippen MR) is 68.1 cm³/mol. The molecule has 3 nitrogen and oxygen atoms in total. The number of benzene rings is 1. The van der Waals surface area contributed by atoms with Gasteiger partial charge in [-0.2, -0.15) is 0 Å². The molecule has 18 heavy (non-hydrogen) atoms. The summed E-state index contributed by atoms with van der Waals surface area (Å²) in [6.07, 6.45) is 2.49. The minimum atomic E-state index is -0.558. The van der Waals surface area contributed by atoms with Gasteiger partial charge in [-0.3, -0.25) is 0 Å². The van der Waals surface area contributed by atoms with Gasteiger partial charge in [0.15, 0.2) is 5.79 Å². The van der Waals surface area contributed by atoms with Crippen molar-refractivity contribution in [1.29, 1.82) is 0 Å². The maximum absolute atomic E-state index is 6.00. The molecule has 0 aromatic heterocycles. The van der Waals surface area contributed by atoms with Crippen molar-refractivity contribution in [2.75, 3.05) is 0 Å². The Morgan fingerprint density at radius 1 is 1.22 bits per heavy atom. The van der Waals surface area contributed by atoms with Gasteiger partial charge in [0.25, 0.3) is 0 Å². The smallest absolute Gasteiger partial charge is 0.192 e. The maximum Gasteiger partial charge on any atom is 0.192 e. The molecule has 0 amide bonds. The average molecular weight is 248 g/mol. The van der Waals surface area contributed by atoms with Crippen molar-refractivity contribution in [3.05, 3.63) is 35.9 Å².